The summed E-state index contributed by atoms with van der Waals surface area (Å²) in [5, 5.41) is 0. The number of hydrogen-bond acceptors (Lipinski definition) is 0. The molecule has 0 radical (unpaired) electrons. The summed E-state index contributed by atoms with van der Waals surface area (Å²) in [6.07, 6.45) is 26.0. The van der Waals surface area contributed by atoms with Gasteiger partial charge in [-0.05, 0) is 25.7 Å². The minimum Gasteiger partial charge on any atom is -0.0844 e. The van der Waals surface area contributed by atoms with Crippen LogP contribution in [0.4, 0.5) is 0 Å². The smallest absolute Gasteiger partial charge is 0.0166 e. The van der Waals surface area contributed by atoms with E-state index in [-0.39, 0.29) is 0 Å². The van der Waals surface area contributed by atoms with Crippen LogP contribution in [0.25, 0.3) is 0 Å². The summed E-state index contributed by atoms with van der Waals surface area (Å²) < 4.78 is 0. The first-order chi connectivity index (χ1) is 7.00. The monoisotopic (exact) mass is 186 g/mol. The fourth-order valence-corrected chi connectivity index (χ4v) is 1.21. The van der Waals surface area contributed by atoms with Crippen molar-refractivity contribution < 1.29 is 0 Å². The summed E-state index contributed by atoms with van der Waals surface area (Å²) in [5.74, 6) is 0. The Morgan fingerprint density at radius 1 is 0.357 bits per heavy atom. The molecule has 0 unspecified atom stereocenters. The summed E-state index contributed by atoms with van der Waals surface area (Å²) in [6.45, 7) is 0. The molecule has 1 aliphatic rings. The van der Waals surface area contributed by atoms with E-state index in [1.165, 1.54) is 0 Å². The van der Waals surface area contributed by atoms with Crippen LogP contribution in [0.3, 0.4) is 0 Å². The van der Waals surface area contributed by atoms with Crippen LogP contribution in [0.2, 0.25) is 0 Å². The third kappa shape index (κ3) is 6.24. The van der Waals surface area contributed by atoms with E-state index in [4.69, 9.17) is 0 Å². The molecule has 74 valence electrons. The fourth-order valence-electron chi connectivity index (χ4n) is 1.21. The van der Waals surface area contributed by atoms with Crippen LogP contribution in [-0.2, 0) is 0 Å². The molecule has 0 aliphatic heterocycles. The van der Waals surface area contributed by atoms with Gasteiger partial charge in [-0.25, -0.2) is 0 Å². The average Bonchev–Trinajstić information content (AvgIpc) is 2.22. The van der Waals surface area contributed by atoms with Gasteiger partial charge in [-0.2, -0.15) is 0 Å². The molecule has 14 heavy (non-hydrogen) atoms. The van der Waals surface area contributed by atoms with Gasteiger partial charge in [0.05, 0.1) is 0 Å². The van der Waals surface area contributed by atoms with Gasteiger partial charge in [0.15, 0.2) is 0 Å². The van der Waals surface area contributed by atoms with Crippen LogP contribution in [-0.4, -0.2) is 0 Å². The van der Waals surface area contributed by atoms with Crippen molar-refractivity contribution >= 4 is 0 Å². The topological polar surface area (TPSA) is 0 Å². The van der Waals surface area contributed by atoms with Gasteiger partial charge in [0, 0.05) is 0 Å². The molecule has 0 nitrogen and oxygen atoms in total. The molecule has 0 saturated heterocycles. The highest BCUT2D eigenvalue weighted by atomic mass is 13.8. The first-order valence-corrected chi connectivity index (χ1v) is 5.27. The third-order valence-electron chi connectivity index (χ3n) is 1.97. The Morgan fingerprint density at radius 2 is 0.643 bits per heavy atom. The quantitative estimate of drug-likeness (QED) is 0.494. The minimum atomic E-state index is 1.04. The maximum atomic E-state index is 2.21. The van der Waals surface area contributed by atoms with Gasteiger partial charge >= 0.3 is 0 Å². The van der Waals surface area contributed by atoms with Gasteiger partial charge in [-0.15, -0.1) is 0 Å². The van der Waals surface area contributed by atoms with E-state index >= 15 is 0 Å². The van der Waals surface area contributed by atoms with Crippen molar-refractivity contribution in [1.82, 2.24) is 0 Å². The van der Waals surface area contributed by atoms with Crippen LogP contribution in [0.1, 0.15) is 25.7 Å². The first-order valence-electron chi connectivity index (χ1n) is 5.27. The largest absolute Gasteiger partial charge is 0.0844 e. The van der Waals surface area contributed by atoms with Crippen LogP contribution in [0.15, 0.2) is 60.8 Å². The molecule has 0 amide bonds. The van der Waals surface area contributed by atoms with Crippen molar-refractivity contribution in [3.8, 4) is 0 Å². The molecule has 1 rings (SSSR count). The molecule has 0 N–H and O–H groups in total. The lowest BCUT2D eigenvalue weighted by molar-refractivity contribution is 1.26. The number of hydrogen-bond donors (Lipinski definition) is 0. The highest BCUT2D eigenvalue weighted by Crippen LogP contribution is 1.96. The van der Waals surface area contributed by atoms with Crippen molar-refractivity contribution in [3.63, 3.8) is 0 Å². The van der Waals surface area contributed by atoms with Crippen molar-refractivity contribution in [2.45, 2.75) is 25.7 Å². The molecule has 0 fully saturated rings. The summed E-state index contributed by atoms with van der Waals surface area (Å²) in [4.78, 5) is 0. The summed E-state index contributed by atoms with van der Waals surface area (Å²) in [6, 6.07) is 0. The average molecular weight is 186 g/mol. The lowest BCUT2D eigenvalue weighted by Crippen LogP contribution is -1.65. The molecule has 0 bridgehead atoms. The van der Waals surface area contributed by atoms with Crippen molar-refractivity contribution in [2.24, 2.45) is 0 Å². The second kappa shape index (κ2) is 8.31. The Balaban J connectivity index is 2.45. The normalized spacial score (nSPS) is 27.4. The zero-order valence-corrected chi connectivity index (χ0v) is 8.60. The molecular formula is C14H18. The molecular weight excluding hydrogens is 168 g/mol. The van der Waals surface area contributed by atoms with E-state index < -0.39 is 0 Å². The van der Waals surface area contributed by atoms with Gasteiger partial charge < -0.3 is 0 Å². The molecule has 0 heteroatoms. The van der Waals surface area contributed by atoms with E-state index in [1.54, 1.807) is 0 Å². The zero-order valence-electron chi connectivity index (χ0n) is 8.60. The molecule has 0 heterocycles. The Labute approximate surface area is 87.0 Å². The molecule has 0 aromatic heterocycles. The molecule has 0 atom stereocenters. The number of allylic oxidation sites excluding steroid dienone is 10. The lowest BCUT2D eigenvalue weighted by atomic mass is 10.2. The minimum absolute atomic E-state index is 1.04. The Morgan fingerprint density at radius 3 is 1.00 bits per heavy atom. The number of rotatable bonds is 0. The third-order valence-corrected chi connectivity index (χ3v) is 1.97. The van der Waals surface area contributed by atoms with Crippen LogP contribution in [0, 0.1) is 0 Å². The van der Waals surface area contributed by atoms with Crippen molar-refractivity contribution in [3.05, 3.63) is 60.8 Å². The zero-order chi connectivity index (χ0) is 9.90. The fraction of sp³-hybridized carbons (Fsp3) is 0.286. The van der Waals surface area contributed by atoms with Crippen molar-refractivity contribution in [1.29, 1.82) is 0 Å². The Hall–Kier alpha value is -1.30. The summed E-state index contributed by atoms with van der Waals surface area (Å²) in [5.41, 5.74) is 0. The van der Waals surface area contributed by atoms with E-state index in [0.717, 1.165) is 25.7 Å². The van der Waals surface area contributed by atoms with Crippen LogP contribution in [0.5, 0.6) is 0 Å². The SMILES string of the molecule is C1=CC/C=C/C=C\C/C=C\C/C=C\C1. The molecule has 0 spiro atoms. The van der Waals surface area contributed by atoms with Gasteiger partial charge in [0.1, 0.15) is 0 Å². The van der Waals surface area contributed by atoms with Gasteiger partial charge in [0.2, 0.25) is 0 Å². The van der Waals surface area contributed by atoms with Crippen molar-refractivity contribution in [2.75, 3.05) is 0 Å². The molecule has 0 aromatic rings. The van der Waals surface area contributed by atoms with Gasteiger partial charge in [-0.1, -0.05) is 60.8 Å². The highest BCUT2D eigenvalue weighted by Gasteiger charge is 1.75. The van der Waals surface area contributed by atoms with E-state index in [1.807, 2.05) is 0 Å². The standard InChI is InChI=1S/C14H18/c1-2-4-6-8-10-12-14-13-11-9-7-5-3-1/h1-4,7-10,13-14H,5-6,11-12H2/b3-1-,4-2+,9-7-,10-8?,14-13-. The molecule has 0 saturated carbocycles. The Kier molecular flexibility index (Phi) is 6.39. The van der Waals surface area contributed by atoms with Gasteiger partial charge in [0.25, 0.3) is 0 Å². The second-order valence-corrected chi connectivity index (χ2v) is 3.21. The lowest BCUT2D eigenvalue weighted by Gasteiger charge is -1.86. The Bertz CT molecular complexity index is 234. The highest BCUT2D eigenvalue weighted by molar-refractivity contribution is 5.08. The summed E-state index contributed by atoms with van der Waals surface area (Å²) in [7, 11) is 0. The van der Waals surface area contributed by atoms with E-state index in [2.05, 4.69) is 60.8 Å². The van der Waals surface area contributed by atoms with Gasteiger partial charge in [-0.3, -0.25) is 0 Å². The predicted molar refractivity (Wildman–Crippen MR) is 64.2 cm³/mol. The summed E-state index contributed by atoms with van der Waals surface area (Å²) >= 11 is 0. The molecule has 1 aliphatic carbocycles. The molecule has 0 aromatic carbocycles. The second-order valence-electron chi connectivity index (χ2n) is 3.21. The van der Waals surface area contributed by atoms with E-state index in [9.17, 15) is 0 Å². The predicted octanol–water partition coefficient (Wildman–Crippen LogP) is 4.34. The van der Waals surface area contributed by atoms with Crippen LogP contribution < -0.4 is 0 Å². The maximum absolute atomic E-state index is 2.21. The maximum Gasteiger partial charge on any atom is -0.0166 e. The first kappa shape index (κ1) is 10.8. The van der Waals surface area contributed by atoms with Crippen LogP contribution >= 0.6 is 0 Å². The van der Waals surface area contributed by atoms with E-state index in [0.29, 0.717) is 0 Å².